The van der Waals surface area contributed by atoms with Gasteiger partial charge in [-0.15, -0.1) is 0 Å². The molecule has 0 heteroatoms. The number of benzene rings is 1. The Morgan fingerprint density at radius 3 is 2.67 bits per heavy atom. The Kier molecular flexibility index (Phi) is 4.36. The minimum Gasteiger partial charge on any atom is -0.0985 e. The highest BCUT2D eigenvalue weighted by atomic mass is 14.1. The van der Waals surface area contributed by atoms with Gasteiger partial charge in [0.05, 0.1) is 0 Å². The van der Waals surface area contributed by atoms with Crippen molar-refractivity contribution in [3.05, 3.63) is 53.6 Å². The van der Waals surface area contributed by atoms with Gasteiger partial charge in [-0.3, -0.25) is 0 Å². The molecule has 0 radical (unpaired) electrons. The van der Waals surface area contributed by atoms with Crippen molar-refractivity contribution in [1.82, 2.24) is 0 Å². The molecule has 0 aliphatic rings. The van der Waals surface area contributed by atoms with Crippen LogP contribution in [0.3, 0.4) is 0 Å². The molecule has 0 N–H and O–H groups in total. The van der Waals surface area contributed by atoms with Crippen LogP contribution in [0.25, 0.3) is 5.57 Å². The van der Waals surface area contributed by atoms with Crippen molar-refractivity contribution in [1.29, 1.82) is 0 Å². The molecule has 0 fully saturated rings. The third-order valence-electron chi connectivity index (χ3n) is 2.73. The third kappa shape index (κ3) is 2.82. The first-order valence-electron chi connectivity index (χ1n) is 5.61. The van der Waals surface area contributed by atoms with E-state index in [-0.39, 0.29) is 0 Å². The van der Waals surface area contributed by atoms with E-state index in [0.29, 0.717) is 0 Å². The van der Waals surface area contributed by atoms with Gasteiger partial charge in [-0.2, -0.15) is 0 Å². The molecule has 0 amide bonds. The lowest BCUT2D eigenvalue weighted by Crippen LogP contribution is -1.91. The first-order chi connectivity index (χ1) is 7.22. The second kappa shape index (κ2) is 5.55. The summed E-state index contributed by atoms with van der Waals surface area (Å²) < 4.78 is 0. The molecule has 0 atom stereocenters. The number of allylic oxidation sites excluding steroid dienone is 3. The van der Waals surface area contributed by atoms with E-state index < -0.39 is 0 Å². The number of rotatable bonds is 4. The predicted octanol–water partition coefficient (Wildman–Crippen LogP) is 4.54. The molecule has 0 saturated carbocycles. The van der Waals surface area contributed by atoms with Gasteiger partial charge in [-0.25, -0.2) is 0 Å². The van der Waals surface area contributed by atoms with Crippen LogP contribution in [0.15, 0.2) is 36.9 Å². The number of hydrogen-bond donors (Lipinski definition) is 0. The van der Waals surface area contributed by atoms with Gasteiger partial charge in [-0.1, -0.05) is 50.3 Å². The van der Waals surface area contributed by atoms with Crippen LogP contribution in [-0.4, -0.2) is 0 Å². The zero-order chi connectivity index (χ0) is 11.3. The third-order valence-corrected chi connectivity index (χ3v) is 2.73. The van der Waals surface area contributed by atoms with Gasteiger partial charge in [-0.05, 0) is 42.5 Å². The maximum atomic E-state index is 3.84. The van der Waals surface area contributed by atoms with Crippen LogP contribution in [0, 0.1) is 6.92 Å². The average molecular weight is 200 g/mol. The molecule has 0 saturated heterocycles. The summed E-state index contributed by atoms with van der Waals surface area (Å²) in [5.41, 5.74) is 5.34. The Labute approximate surface area is 93.3 Å². The van der Waals surface area contributed by atoms with Gasteiger partial charge in [0.15, 0.2) is 0 Å². The number of aryl methyl sites for hydroxylation is 2. The molecule has 1 rings (SSSR count). The average Bonchev–Trinajstić information content (AvgIpc) is 2.25. The highest BCUT2D eigenvalue weighted by Gasteiger charge is 2.01. The summed E-state index contributed by atoms with van der Waals surface area (Å²) in [6.07, 6.45) is 6.38. The van der Waals surface area contributed by atoms with Crippen LogP contribution in [-0.2, 0) is 6.42 Å². The Bertz CT molecular complexity index is 370. The van der Waals surface area contributed by atoms with Gasteiger partial charge >= 0.3 is 0 Å². The summed E-state index contributed by atoms with van der Waals surface area (Å²) in [5, 5.41) is 0. The van der Waals surface area contributed by atoms with Gasteiger partial charge in [0, 0.05) is 0 Å². The van der Waals surface area contributed by atoms with Crippen molar-refractivity contribution in [2.75, 3.05) is 0 Å². The Morgan fingerprint density at radius 1 is 1.40 bits per heavy atom. The maximum absolute atomic E-state index is 3.84. The first-order valence-corrected chi connectivity index (χ1v) is 5.61. The lowest BCUT2D eigenvalue weighted by molar-refractivity contribution is 0.912. The van der Waals surface area contributed by atoms with Crippen molar-refractivity contribution in [2.24, 2.45) is 0 Å². The molecule has 0 bridgehead atoms. The second-order valence-electron chi connectivity index (χ2n) is 3.84. The molecule has 0 nitrogen and oxygen atoms in total. The molecule has 80 valence electrons. The minimum atomic E-state index is 1.16. The minimum absolute atomic E-state index is 1.16. The standard InChI is InChI=1S/C15H20/c1-5-8-14-11-15(10-9-12(14)4)13(6-2)7-3/h6-7,9-11H,2,5,8H2,1,3-4H3/b13-7+. The molecule has 0 spiro atoms. The smallest absolute Gasteiger partial charge is 0.0185 e. The normalized spacial score (nSPS) is 11.5. The second-order valence-corrected chi connectivity index (χ2v) is 3.84. The van der Waals surface area contributed by atoms with Gasteiger partial charge in [0.2, 0.25) is 0 Å². The van der Waals surface area contributed by atoms with Crippen molar-refractivity contribution >= 4 is 5.57 Å². The van der Waals surface area contributed by atoms with E-state index in [1.807, 2.05) is 6.08 Å². The van der Waals surface area contributed by atoms with Crippen LogP contribution in [0.5, 0.6) is 0 Å². The quantitative estimate of drug-likeness (QED) is 0.626. The van der Waals surface area contributed by atoms with E-state index in [0.717, 1.165) is 6.42 Å². The summed E-state index contributed by atoms with van der Waals surface area (Å²) in [6.45, 7) is 10.3. The van der Waals surface area contributed by atoms with E-state index in [9.17, 15) is 0 Å². The van der Waals surface area contributed by atoms with E-state index in [2.05, 4.69) is 51.6 Å². The molecular weight excluding hydrogens is 180 g/mol. The Balaban J connectivity index is 3.11. The van der Waals surface area contributed by atoms with E-state index in [1.165, 1.54) is 28.7 Å². The molecular formula is C15H20. The van der Waals surface area contributed by atoms with E-state index in [1.54, 1.807) is 0 Å². The topological polar surface area (TPSA) is 0 Å². The van der Waals surface area contributed by atoms with E-state index in [4.69, 9.17) is 0 Å². The fraction of sp³-hybridized carbons (Fsp3) is 0.333. The molecule has 0 heterocycles. The Hall–Kier alpha value is -1.30. The highest BCUT2D eigenvalue weighted by Crippen LogP contribution is 2.20. The molecule has 0 aliphatic carbocycles. The van der Waals surface area contributed by atoms with Crippen molar-refractivity contribution in [3.8, 4) is 0 Å². The molecule has 15 heavy (non-hydrogen) atoms. The first kappa shape index (κ1) is 11.8. The predicted molar refractivity (Wildman–Crippen MR) is 69.0 cm³/mol. The molecule has 1 aromatic carbocycles. The van der Waals surface area contributed by atoms with Crippen molar-refractivity contribution in [2.45, 2.75) is 33.6 Å². The monoisotopic (exact) mass is 200 g/mol. The van der Waals surface area contributed by atoms with Crippen molar-refractivity contribution in [3.63, 3.8) is 0 Å². The SMILES string of the molecule is C=C/C(=C\C)c1ccc(C)c(CCC)c1. The van der Waals surface area contributed by atoms with Gasteiger partial charge < -0.3 is 0 Å². The van der Waals surface area contributed by atoms with Gasteiger partial charge in [0.1, 0.15) is 0 Å². The van der Waals surface area contributed by atoms with Crippen LogP contribution in [0.2, 0.25) is 0 Å². The lowest BCUT2D eigenvalue weighted by atomic mass is 9.97. The summed E-state index contributed by atoms with van der Waals surface area (Å²) in [5.74, 6) is 0. The molecule has 1 aromatic rings. The lowest BCUT2D eigenvalue weighted by Gasteiger charge is -2.08. The van der Waals surface area contributed by atoms with Crippen LogP contribution in [0.1, 0.15) is 37.0 Å². The zero-order valence-corrected chi connectivity index (χ0v) is 10.0. The Morgan fingerprint density at radius 2 is 2.13 bits per heavy atom. The van der Waals surface area contributed by atoms with Crippen LogP contribution >= 0.6 is 0 Å². The zero-order valence-electron chi connectivity index (χ0n) is 10.0. The molecule has 0 unspecified atom stereocenters. The fourth-order valence-corrected chi connectivity index (χ4v) is 1.79. The summed E-state index contributed by atoms with van der Waals surface area (Å²) in [7, 11) is 0. The molecule has 0 aromatic heterocycles. The van der Waals surface area contributed by atoms with Crippen LogP contribution < -0.4 is 0 Å². The van der Waals surface area contributed by atoms with E-state index >= 15 is 0 Å². The summed E-state index contributed by atoms with van der Waals surface area (Å²) in [4.78, 5) is 0. The summed E-state index contributed by atoms with van der Waals surface area (Å²) in [6, 6.07) is 6.66. The molecule has 0 aliphatic heterocycles. The number of hydrogen-bond acceptors (Lipinski definition) is 0. The van der Waals surface area contributed by atoms with Gasteiger partial charge in [0.25, 0.3) is 0 Å². The highest BCUT2D eigenvalue weighted by molar-refractivity contribution is 5.73. The largest absolute Gasteiger partial charge is 0.0985 e. The van der Waals surface area contributed by atoms with Crippen LogP contribution in [0.4, 0.5) is 0 Å². The van der Waals surface area contributed by atoms with Crippen molar-refractivity contribution < 1.29 is 0 Å². The maximum Gasteiger partial charge on any atom is -0.0185 e. The fourth-order valence-electron chi connectivity index (χ4n) is 1.79. The summed E-state index contributed by atoms with van der Waals surface area (Å²) >= 11 is 0.